The second-order valence-corrected chi connectivity index (χ2v) is 6.08. The van der Waals surface area contributed by atoms with Gasteiger partial charge in [0.2, 0.25) is 0 Å². The Morgan fingerprint density at radius 2 is 2.16 bits per heavy atom. The predicted octanol–water partition coefficient (Wildman–Crippen LogP) is 2.52. The number of thiazole rings is 1. The summed E-state index contributed by atoms with van der Waals surface area (Å²) in [6, 6.07) is 0.598. The van der Waals surface area contributed by atoms with Crippen LogP contribution in [0.4, 0.5) is 0 Å². The number of likely N-dealkylation sites (N-methyl/N-ethyl adjacent to an activating group) is 1. The Morgan fingerprint density at radius 1 is 1.37 bits per heavy atom. The molecule has 6 heteroatoms. The first kappa shape index (κ1) is 14.1. The molecule has 2 aromatic rings. The fraction of sp³-hybridized carbons (Fsp3) is 0.615. The van der Waals surface area contributed by atoms with Gasteiger partial charge in [-0.1, -0.05) is 6.92 Å². The molecule has 2 aromatic heterocycles. The number of rotatable bonds is 6. The summed E-state index contributed by atoms with van der Waals surface area (Å²) in [6.45, 7) is 9.33. The molecule has 1 atom stereocenters. The predicted molar refractivity (Wildman–Crippen MR) is 77.4 cm³/mol. The van der Waals surface area contributed by atoms with E-state index in [4.69, 9.17) is 0 Å². The van der Waals surface area contributed by atoms with E-state index in [0.29, 0.717) is 6.04 Å². The zero-order valence-electron chi connectivity index (χ0n) is 11.9. The smallest absolute Gasteiger partial charge is 0.138 e. The fourth-order valence-electron chi connectivity index (χ4n) is 2.09. The lowest BCUT2D eigenvalue weighted by atomic mass is 10.1. The summed E-state index contributed by atoms with van der Waals surface area (Å²) in [7, 11) is 0. The van der Waals surface area contributed by atoms with Crippen LogP contribution in [0.1, 0.15) is 48.6 Å². The number of hydrogen-bond acceptors (Lipinski definition) is 5. The van der Waals surface area contributed by atoms with Crippen LogP contribution in [0.15, 0.2) is 12.5 Å². The first-order valence-corrected chi connectivity index (χ1v) is 7.47. The van der Waals surface area contributed by atoms with Gasteiger partial charge in [0, 0.05) is 23.5 Å². The standard InChI is InChI=1S/C13H21N5S/c1-5-14-11(12-7-15-10(4)19-12)6-13-16-8-17-18(13)9(2)3/h7-9,11,14H,5-6H2,1-4H3. The van der Waals surface area contributed by atoms with Crippen LogP contribution >= 0.6 is 11.3 Å². The maximum Gasteiger partial charge on any atom is 0.138 e. The average molecular weight is 279 g/mol. The molecular weight excluding hydrogens is 258 g/mol. The first-order chi connectivity index (χ1) is 9.11. The maximum absolute atomic E-state index is 4.39. The molecule has 0 aliphatic rings. The van der Waals surface area contributed by atoms with Gasteiger partial charge in [-0.15, -0.1) is 11.3 Å². The molecule has 0 aliphatic heterocycles. The third kappa shape index (κ3) is 3.39. The van der Waals surface area contributed by atoms with Crippen LogP contribution in [0, 0.1) is 6.92 Å². The van der Waals surface area contributed by atoms with E-state index in [0.717, 1.165) is 23.8 Å². The highest BCUT2D eigenvalue weighted by Crippen LogP contribution is 2.23. The van der Waals surface area contributed by atoms with Crippen molar-refractivity contribution in [2.45, 2.75) is 46.2 Å². The molecule has 0 saturated heterocycles. The summed E-state index contributed by atoms with van der Waals surface area (Å²) in [5, 5.41) is 8.90. The lowest BCUT2D eigenvalue weighted by Crippen LogP contribution is -2.24. The van der Waals surface area contributed by atoms with E-state index in [1.807, 2.05) is 17.8 Å². The van der Waals surface area contributed by atoms with Gasteiger partial charge in [0.15, 0.2) is 0 Å². The van der Waals surface area contributed by atoms with Gasteiger partial charge in [-0.25, -0.2) is 14.6 Å². The monoisotopic (exact) mass is 279 g/mol. The molecule has 0 fully saturated rings. The number of aryl methyl sites for hydroxylation is 1. The van der Waals surface area contributed by atoms with E-state index in [1.165, 1.54) is 4.88 Å². The largest absolute Gasteiger partial charge is 0.309 e. The summed E-state index contributed by atoms with van der Waals surface area (Å²) >= 11 is 1.74. The quantitative estimate of drug-likeness (QED) is 0.883. The van der Waals surface area contributed by atoms with Crippen molar-refractivity contribution >= 4 is 11.3 Å². The number of nitrogens with one attached hydrogen (secondary N) is 1. The number of nitrogens with zero attached hydrogens (tertiary/aromatic N) is 4. The maximum atomic E-state index is 4.39. The molecule has 0 aliphatic carbocycles. The minimum absolute atomic E-state index is 0.262. The van der Waals surface area contributed by atoms with Gasteiger partial charge in [-0.2, -0.15) is 5.10 Å². The molecule has 104 valence electrons. The molecule has 5 nitrogen and oxygen atoms in total. The summed E-state index contributed by atoms with van der Waals surface area (Å²) in [5.74, 6) is 1.02. The molecule has 0 radical (unpaired) electrons. The van der Waals surface area contributed by atoms with Gasteiger partial charge in [0.05, 0.1) is 11.0 Å². The average Bonchev–Trinajstić information content (AvgIpc) is 2.97. The van der Waals surface area contributed by atoms with Crippen molar-refractivity contribution in [2.24, 2.45) is 0 Å². The van der Waals surface area contributed by atoms with Gasteiger partial charge in [-0.05, 0) is 27.3 Å². The Labute approximate surface area is 118 Å². The lowest BCUT2D eigenvalue weighted by molar-refractivity contribution is 0.471. The molecule has 0 amide bonds. The molecule has 1 unspecified atom stereocenters. The van der Waals surface area contributed by atoms with Crippen LogP contribution in [-0.2, 0) is 6.42 Å². The third-order valence-corrected chi connectivity index (χ3v) is 3.98. The zero-order chi connectivity index (χ0) is 13.8. The van der Waals surface area contributed by atoms with E-state index >= 15 is 0 Å². The molecule has 2 rings (SSSR count). The second kappa shape index (κ2) is 6.25. The lowest BCUT2D eigenvalue weighted by Gasteiger charge is -2.17. The molecular formula is C13H21N5S. The van der Waals surface area contributed by atoms with Gasteiger partial charge in [0.1, 0.15) is 12.2 Å². The molecule has 0 spiro atoms. The Kier molecular flexibility index (Phi) is 4.66. The number of aromatic nitrogens is 4. The normalized spacial score (nSPS) is 13.1. The zero-order valence-corrected chi connectivity index (χ0v) is 12.7. The van der Waals surface area contributed by atoms with Crippen molar-refractivity contribution in [3.8, 4) is 0 Å². The van der Waals surface area contributed by atoms with Crippen molar-refractivity contribution in [3.63, 3.8) is 0 Å². The van der Waals surface area contributed by atoms with E-state index in [-0.39, 0.29) is 6.04 Å². The van der Waals surface area contributed by atoms with Crippen LogP contribution in [0.5, 0.6) is 0 Å². The van der Waals surface area contributed by atoms with E-state index < -0.39 is 0 Å². The molecule has 0 aromatic carbocycles. The van der Waals surface area contributed by atoms with Crippen molar-refractivity contribution in [1.82, 2.24) is 25.1 Å². The van der Waals surface area contributed by atoms with Crippen LogP contribution < -0.4 is 5.32 Å². The van der Waals surface area contributed by atoms with Crippen molar-refractivity contribution in [3.05, 3.63) is 28.2 Å². The minimum Gasteiger partial charge on any atom is -0.309 e. The van der Waals surface area contributed by atoms with Crippen LogP contribution in [-0.4, -0.2) is 26.3 Å². The first-order valence-electron chi connectivity index (χ1n) is 6.66. The topological polar surface area (TPSA) is 55.6 Å². The molecule has 19 heavy (non-hydrogen) atoms. The summed E-state index contributed by atoms with van der Waals surface area (Å²) in [6.07, 6.45) is 4.44. The summed E-state index contributed by atoms with van der Waals surface area (Å²) in [5.41, 5.74) is 0. The van der Waals surface area contributed by atoms with Crippen LogP contribution in [0.25, 0.3) is 0 Å². The Hall–Kier alpha value is -1.27. The Bertz CT molecular complexity index is 517. The summed E-state index contributed by atoms with van der Waals surface area (Å²) < 4.78 is 1.98. The fourth-order valence-corrected chi connectivity index (χ4v) is 2.95. The second-order valence-electron chi connectivity index (χ2n) is 4.81. The molecule has 0 bridgehead atoms. The van der Waals surface area contributed by atoms with Gasteiger partial charge >= 0.3 is 0 Å². The Morgan fingerprint density at radius 3 is 2.74 bits per heavy atom. The molecule has 1 N–H and O–H groups in total. The summed E-state index contributed by atoms with van der Waals surface area (Å²) in [4.78, 5) is 9.99. The van der Waals surface area contributed by atoms with Crippen LogP contribution in [0.2, 0.25) is 0 Å². The number of hydrogen-bond donors (Lipinski definition) is 1. The van der Waals surface area contributed by atoms with E-state index in [1.54, 1.807) is 17.7 Å². The van der Waals surface area contributed by atoms with Crippen molar-refractivity contribution in [2.75, 3.05) is 6.54 Å². The van der Waals surface area contributed by atoms with Crippen molar-refractivity contribution in [1.29, 1.82) is 0 Å². The highest BCUT2D eigenvalue weighted by atomic mass is 32.1. The SMILES string of the molecule is CCNC(Cc1ncnn1C(C)C)c1cnc(C)s1. The van der Waals surface area contributed by atoms with Gasteiger partial charge in [0.25, 0.3) is 0 Å². The van der Waals surface area contributed by atoms with Gasteiger partial charge in [-0.3, -0.25) is 0 Å². The van der Waals surface area contributed by atoms with Gasteiger partial charge < -0.3 is 5.32 Å². The molecule has 0 saturated carbocycles. The van der Waals surface area contributed by atoms with Crippen LogP contribution in [0.3, 0.4) is 0 Å². The Balaban J connectivity index is 2.19. The highest BCUT2D eigenvalue weighted by molar-refractivity contribution is 7.11. The molecule has 2 heterocycles. The highest BCUT2D eigenvalue weighted by Gasteiger charge is 2.18. The van der Waals surface area contributed by atoms with Crippen molar-refractivity contribution < 1.29 is 0 Å². The van der Waals surface area contributed by atoms with E-state index in [2.05, 4.69) is 41.2 Å². The minimum atomic E-state index is 0.262. The third-order valence-electron chi connectivity index (χ3n) is 2.96. The van der Waals surface area contributed by atoms with E-state index in [9.17, 15) is 0 Å².